The average molecular weight is 576 g/mol. The smallest absolute Gasteiger partial charge is 0.398 e. The van der Waals surface area contributed by atoms with Crippen LogP contribution in [0.5, 0.6) is 0 Å². The van der Waals surface area contributed by atoms with E-state index in [1.54, 1.807) is 12.1 Å². The second kappa shape index (κ2) is 11.0. The molecule has 0 heterocycles. The van der Waals surface area contributed by atoms with Crippen LogP contribution in [0, 0.1) is 5.92 Å². The quantitative estimate of drug-likeness (QED) is 0.432. The monoisotopic (exact) mass is 575 g/mol. The van der Waals surface area contributed by atoms with E-state index < -0.39 is 46.0 Å². The van der Waals surface area contributed by atoms with Crippen molar-refractivity contribution in [1.29, 1.82) is 0 Å². The number of rotatable bonds is 7. The lowest BCUT2D eigenvalue weighted by Gasteiger charge is -2.32. The Bertz CT molecular complexity index is 1190. The molecule has 1 aliphatic rings. The van der Waals surface area contributed by atoms with Gasteiger partial charge in [0.05, 0.1) is 28.3 Å². The molecule has 1 aliphatic carbocycles. The third-order valence-electron chi connectivity index (χ3n) is 5.90. The van der Waals surface area contributed by atoms with Gasteiger partial charge in [-0.15, -0.1) is 0 Å². The molecule has 2 atom stereocenters. The number of hydrogen-bond donors (Lipinski definition) is 3. The van der Waals surface area contributed by atoms with E-state index in [0.717, 1.165) is 29.4 Å². The summed E-state index contributed by atoms with van der Waals surface area (Å²) in [5, 5.41) is 5.05. The van der Waals surface area contributed by atoms with Gasteiger partial charge >= 0.3 is 6.18 Å². The summed E-state index contributed by atoms with van der Waals surface area (Å²) in [5.41, 5.74) is 4.07. The molecule has 2 aromatic carbocycles. The lowest BCUT2D eigenvalue weighted by molar-refractivity contribution is -0.137. The standard InChI is InChI=1S/C23H25BrF3N3O4S/c24-16-6-8-17(9-7-16)35(33,34)13-14-3-1-2-4-20(14)30-21(31)12-29-22(32)18-11-15(23(25,26)27)5-10-19(18)28/h5-11,14,20H,1-4,12-13,28H2,(H,29,32)(H,30,31)/t14-,20+/m1/s1. The maximum absolute atomic E-state index is 12.9. The van der Waals surface area contributed by atoms with Crippen molar-refractivity contribution in [1.82, 2.24) is 10.6 Å². The van der Waals surface area contributed by atoms with E-state index in [-0.39, 0.29) is 27.8 Å². The summed E-state index contributed by atoms with van der Waals surface area (Å²) >= 11 is 3.27. The molecule has 2 amide bonds. The number of halogens is 4. The van der Waals surface area contributed by atoms with Crippen LogP contribution in [-0.2, 0) is 20.8 Å². The highest BCUT2D eigenvalue weighted by molar-refractivity contribution is 9.10. The van der Waals surface area contributed by atoms with Gasteiger partial charge in [0.25, 0.3) is 5.91 Å². The minimum atomic E-state index is -4.65. The van der Waals surface area contributed by atoms with Gasteiger partial charge in [-0.2, -0.15) is 13.2 Å². The molecule has 0 unspecified atom stereocenters. The first kappa shape index (κ1) is 27.0. The normalized spacial score (nSPS) is 18.6. The van der Waals surface area contributed by atoms with Crippen LogP contribution in [0.4, 0.5) is 18.9 Å². The van der Waals surface area contributed by atoms with Crippen LogP contribution in [0.25, 0.3) is 0 Å². The Morgan fingerprint density at radius 1 is 1.06 bits per heavy atom. The van der Waals surface area contributed by atoms with Gasteiger partial charge in [-0.1, -0.05) is 28.8 Å². The van der Waals surface area contributed by atoms with Gasteiger partial charge < -0.3 is 16.4 Å². The number of amides is 2. The van der Waals surface area contributed by atoms with Crippen LogP contribution in [0.2, 0.25) is 0 Å². The Kier molecular flexibility index (Phi) is 8.47. The van der Waals surface area contributed by atoms with Gasteiger partial charge in [0.15, 0.2) is 9.84 Å². The van der Waals surface area contributed by atoms with Crippen molar-refractivity contribution in [2.45, 2.75) is 42.8 Å². The van der Waals surface area contributed by atoms with Crippen LogP contribution in [0.3, 0.4) is 0 Å². The highest BCUT2D eigenvalue weighted by atomic mass is 79.9. The van der Waals surface area contributed by atoms with E-state index in [0.29, 0.717) is 18.9 Å². The lowest BCUT2D eigenvalue weighted by atomic mass is 9.86. The van der Waals surface area contributed by atoms with E-state index in [1.165, 1.54) is 12.1 Å². The Balaban J connectivity index is 1.61. The number of hydrogen-bond acceptors (Lipinski definition) is 5. The highest BCUT2D eigenvalue weighted by Crippen LogP contribution is 2.31. The maximum atomic E-state index is 12.9. The first-order valence-electron chi connectivity index (χ1n) is 10.9. The maximum Gasteiger partial charge on any atom is 0.416 e. The number of alkyl halides is 3. The molecular weight excluding hydrogens is 551 g/mol. The van der Waals surface area contributed by atoms with Gasteiger partial charge in [-0.05, 0) is 61.2 Å². The van der Waals surface area contributed by atoms with Crippen molar-refractivity contribution in [2.24, 2.45) is 5.92 Å². The molecule has 0 aromatic heterocycles. The van der Waals surface area contributed by atoms with Crippen LogP contribution in [0.1, 0.15) is 41.6 Å². The zero-order valence-corrected chi connectivity index (χ0v) is 21.0. The molecule has 1 fully saturated rings. The van der Waals surface area contributed by atoms with Crippen molar-refractivity contribution in [2.75, 3.05) is 18.0 Å². The van der Waals surface area contributed by atoms with E-state index in [9.17, 15) is 31.2 Å². The second-order valence-corrected chi connectivity index (χ2v) is 11.4. The summed E-state index contributed by atoms with van der Waals surface area (Å²) in [6.07, 6.45) is -1.80. The first-order valence-corrected chi connectivity index (χ1v) is 13.3. The molecule has 0 bridgehead atoms. The fourth-order valence-electron chi connectivity index (χ4n) is 4.06. The summed E-state index contributed by atoms with van der Waals surface area (Å²) in [5.74, 6) is -1.92. The van der Waals surface area contributed by atoms with Crippen LogP contribution < -0.4 is 16.4 Å². The Morgan fingerprint density at radius 2 is 1.71 bits per heavy atom. The van der Waals surface area contributed by atoms with E-state index in [2.05, 4.69) is 26.6 Å². The molecular formula is C23H25BrF3N3O4S. The number of sulfone groups is 1. The lowest BCUT2D eigenvalue weighted by Crippen LogP contribution is -2.47. The van der Waals surface area contributed by atoms with E-state index in [4.69, 9.17) is 5.73 Å². The molecule has 35 heavy (non-hydrogen) atoms. The second-order valence-electron chi connectivity index (χ2n) is 8.44. The van der Waals surface area contributed by atoms with Gasteiger partial charge in [0, 0.05) is 16.2 Å². The van der Waals surface area contributed by atoms with Gasteiger partial charge in [-0.25, -0.2) is 8.42 Å². The summed E-state index contributed by atoms with van der Waals surface area (Å²) in [7, 11) is -3.58. The summed E-state index contributed by atoms with van der Waals surface area (Å²) in [4.78, 5) is 25.0. The summed E-state index contributed by atoms with van der Waals surface area (Å²) in [6, 6.07) is 8.31. The number of nitrogens with two attached hydrogens (primary N) is 1. The van der Waals surface area contributed by atoms with Crippen molar-refractivity contribution >= 4 is 43.3 Å². The fourth-order valence-corrected chi connectivity index (χ4v) is 6.03. The number of anilines is 1. The largest absolute Gasteiger partial charge is 0.416 e. The Labute approximate surface area is 209 Å². The van der Waals surface area contributed by atoms with Gasteiger partial charge in [-0.3, -0.25) is 9.59 Å². The molecule has 190 valence electrons. The van der Waals surface area contributed by atoms with Crippen molar-refractivity contribution < 1.29 is 31.2 Å². The minimum absolute atomic E-state index is 0.132. The topological polar surface area (TPSA) is 118 Å². The zero-order valence-electron chi connectivity index (χ0n) is 18.6. The molecule has 12 heteroatoms. The van der Waals surface area contributed by atoms with Crippen molar-refractivity contribution in [3.8, 4) is 0 Å². The average Bonchev–Trinajstić information content (AvgIpc) is 2.78. The van der Waals surface area contributed by atoms with Gasteiger partial charge in [0.2, 0.25) is 5.91 Å². The summed E-state index contributed by atoms with van der Waals surface area (Å²) in [6.45, 7) is -0.489. The summed E-state index contributed by atoms with van der Waals surface area (Å²) < 4.78 is 65.3. The number of carbonyl (C=O) groups excluding carboxylic acids is 2. The van der Waals surface area contributed by atoms with Crippen LogP contribution in [0.15, 0.2) is 51.8 Å². The minimum Gasteiger partial charge on any atom is -0.398 e. The fraction of sp³-hybridized carbons (Fsp3) is 0.391. The molecule has 0 aliphatic heterocycles. The van der Waals surface area contributed by atoms with E-state index >= 15 is 0 Å². The zero-order chi connectivity index (χ0) is 25.8. The van der Waals surface area contributed by atoms with Crippen LogP contribution in [-0.4, -0.2) is 38.6 Å². The molecule has 0 radical (unpaired) electrons. The van der Waals surface area contributed by atoms with E-state index in [1.807, 2.05) is 0 Å². The third-order valence-corrected chi connectivity index (χ3v) is 8.28. The molecule has 0 spiro atoms. The predicted molar refractivity (Wildman–Crippen MR) is 128 cm³/mol. The molecule has 2 aromatic rings. The first-order chi connectivity index (χ1) is 16.4. The third kappa shape index (κ3) is 7.20. The van der Waals surface area contributed by atoms with Crippen LogP contribution >= 0.6 is 15.9 Å². The number of carbonyl (C=O) groups is 2. The molecule has 4 N–H and O–H groups in total. The number of nitrogen functional groups attached to an aromatic ring is 1. The van der Waals surface area contributed by atoms with Crippen molar-refractivity contribution in [3.05, 3.63) is 58.1 Å². The molecule has 1 saturated carbocycles. The molecule has 0 saturated heterocycles. The Morgan fingerprint density at radius 3 is 2.37 bits per heavy atom. The highest BCUT2D eigenvalue weighted by Gasteiger charge is 2.33. The molecule has 3 rings (SSSR count). The molecule has 7 nitrogen and oxygen atoms in total. The number of benzene rings is 2. The number of nitrogens with one attached hydrogen (secondary N) is 2. The SMILES string of the molecule is Nc1ccc(C(F)(F)F)cc1C(=O)NCC(=O)N[C@H]1CCCC[C@@H]1CS(=O)(=O)c1ccc(Br)cc1. The van der Waals surface area contributed by atoms with Gasteiger partial charge in [0.1, 0.15) is 0 Å². The van der Waals surface area contributed by atoms with Crippen molar-refractivity contribution in [3.63, 3.8) is 0 Å². The Hall–Kier alpha value is -2.60. The predicted octanol–water partition coefficient (Wildman–Crippen LogP) is 3.93.